The summed E-state index contributed by atoms with van der Waals surface area (Å²) in [5.41, 5.74) is -8.35. The molecular formula is C27H30O11. The van der Waals surface area contributed by atoms with Crippen molar-refractivity contribution in [3.63, 3.8) is 0 Å². The van der Waals surface area contributed by atoms with Gasteiger partial charge in [-0.2, -0.15) is 0 Å². The van der Waals surface area contributed by atoms with Crippen LogP contribution in [0.3, 0.4) is 0 Å². The molecule has 7 fully saturated rings. The highest BCUT2D eigenvalue weighted by Crippen LogP contribution is 2.73. The molecule has 0 amide bonds. The number of aliphatic hydroxyl groups is 3. The molecule has 0 aromatic heterocycles. The number of aliphatic hydroxyl groups excluding tert-OH is 1. The van der Waals surface area contributed by atoms with Crippen molar-refractivity contribution >= 4 is 23.5 Å². The van der Waals surface area contributed by atoms with Crippen LogP contribution in [0.25, 0.3) is 0 Å². The van der Waals surface area contributed by atoms with E-state index >= 15 is 0 Å². The molecule has 0 aromatic carbocycles. The van der Waals surface area contributed by atoms with Crippen LogP contribution in [-0.2, 0) is 38.1 Å². The number of ether oxygens (including phenoxy) is 4. The number of ketones is 2. The third-order valence-corrected chi connectivity index (χ3v) is 12.0. The molecule has 3 N–H and O–H groups in total. The molecule has 8 aliphatic rings. The lowest BCUT2D eigenvalue weighted by molar-refractivity contribution is -0.370. The Balaban J connectivity index is 1.42. The Bertz CT molecular complexity index is 1280. The standard InChI is InChI=1S/C27H30O11/c1-22-9-14-19-26-17(22)18(30)27(38-26,35-10-12(22)20(31)36-14)16-11(5-7-25(26,34)21(32)37-19)23(2)15(29)4-3-6-24(23,33)8-13(16)28/h3-4,11-14,16-17,19,28,33-34H,5-10H2,1-2H3. The smallest absolute Gasteiger partial charge is 0.341 e. The van der Waals surface area contributed by atoms with Gasteiger partial charge in [-0.15, -0.1) is 0 Å². The Hall–Kier alpha value is -2.18. The lowest BCUT2D eigenvalue weighted by Crippen LogP contribution is -2.76. The maximum atomic E-state index is 14.8. The number of Topliss-reactive ketones (excluding diaryl/α,β-unsaturated/α-hetero) is 1. The number of carbonyl (C=O) groups excluding carboxylic acids is 4. The number of rotatable bonds is 0. The molecule has 11 heteroatoms. The van der Waals surface area contributed by atoms with E-state index in [0.29, 0.717) is 0 Å². The molecule has 13 atom stereocenters. The molecule has 2 saturated carbocycles. The average molecular weight is 531 g/mol. The first kappa shape index (κ1) is 23.7. The van der Waals surface area contributed by atoms with Crippen molar-refractivity contribution in [1.29, 1.82) is 0 Å². The summed E-state index contributed by atoms with van der Waals surface area (Å²) in [7, 11) is 0. The van der Waals surface area contributed by atoms with Gasteiger partial charge in [-0.1, -0.05) is 13.0 Å². The van der Waals surface area contributed by atoms with Gasteiger partial charge < -0.3 is 34.3 Å². The molecule has 5 aliphatic heterocycles. The van der Waals surface area contributed by atoms with Crippen LogP contribution in [0.15, 0.2) is 12.2 Å². The second kappa shape index (κ2) is 6.41. The first-order valence-electron chi connectivity index (χ1n) is 13.4. The Morgan fingerprint density at radius 2 is 1.82 bits per heavy atom. The molecule has 8 rings (SSSR count). The maximum Gasteiger partial charge on any atom is 0.341 e. The summed E-state index contributed by atoms with van der Waals surface area (Å²) in [6, 6.07) is 0. The first-order chi connectivity index (χ1) is 17.8. The van der Waals surface area contributed by atoms with Crippen LogP contribution in [-0.4, -0.2) is 86.3 Å². The summed E-state index contributed by atoms with van der Waals surface area (Å²) in [6.07, 6.45) is -0.585. The Morgan fingerprint density at radius 3 is 2.58 bits per heavy atom. The topological polar surface area (TPSA) is 166 Å². The molecule has 0 aromatic rings. The van der Waals surface area contributed by atoms with Crippen LogP contribution in [0.5, 0.6) is 0 Å². The van der Waals surface area contributed by atoms with Crippen LogP contribution >= 0.6 is 0 Å². The van der Waals surface area contributed by atoms with Crippen molar-refractivity contribution in [2.45, 2.75) is 86.9 Å². The lowest BCUT2D eigenvalue weighted by Gasteiger charge is -2.62. The van der Waals surface area contributed by atoms with E-state index in [0.717, 1.165) is 0 Å². The van der Waals surface area contributed by atoms with Gasteiger partial charge in [0.1, 0.15) is 6.10 Å². The Labute approximate surface area is 217 Å². The fraction of sp³-hybridized carbons (Fsp3) is 0.778. The fourth-order valence-corrected chi connectivity index (χ4v) is 10.2. The first-order valence-corrected chi connectivity index (χ1v) is 13.4. The van der Waals surface area contributed by atoms with Gasteiger partial charge in [0.05, 0.1) is 41.5 Å². The van der Waals surface area contributed by atoms with Crippen molar-refractivity contribution in [3.8, 4) is 0 Å². The van der Waals surface area contributed by atoms with Crippen LogP contribution in [0.1, 0.15) is 46.0 Å². The van der Waals surface area contributed by atoms with Gasteiger partial charge >= 0.3 is 11.9 Å². The third-order valence-electron chi connectivity index (χ3n) is 12.0. The molecule has 3 aliphatic carbocycles. The van der Waals surface area contributed by atoms with Crippen LogP contribution < -0.4 is 0 Å². The third kappa shape index (κ3) is 2.07. The zero-order valence-corrected chi connectivity index (χ0v) is 21.0. The summed E-state index contributed by atoms with van der Waals surface area (Å²) in [5, 5.41) is 35.6. The van der Waals surface area contributed by atoms with Gasteiger partial charge in [-0.3, -0.25) is 14.4 Å². The number of esters is 2. The Morgan fingerprint density at radius 1 is 1.05 bits per heavy atom. The number of hydrogen-bond donors (Lipinski definition) is 3. The SMILES string of the molecule is CC12CC3OC(=O)C1COC14OC5(C3OC(=O)C5(O)CCC3C1C(O)CC1(O)CC=CC(=O)C31C)C2C4=O. The van der Waals surface area contributed by atoms with Crippen molar-refractivity contribution in [2.75, 3.05) is 6.61 Å². The zero-order valence-electron chi connectivity index (χ0n) is 21.0. The van der Waals surface area contributed by atoms with Gasteiger partial charge in [0.15, 0.2) is 28.9 Å². The van der Waals surface area contributed by atoms with E-state index in [1.807, 2.05) is 0 Å². The summed E-state index contributed by atoms with van der Waals surface area (Å²) in [4.78, 5) is 55.0. The molecule has 11 nitrogen and oxygen atoms in total. The molecule has 5 bridgehead atoms. The highest BCUT2D eigenvalue weighted by atomic mass is 16.7. The predicted molar refractivity (Wildman–Crippen MR) is 121 cm³/mol. The van der Waals surface area contributed by atoms with E-state index in [1.54, 1.807) is 19.9 Å². The van der Waals surface area contributed by atoms with E-state index in [-0.39, 0.29) is 44.5 Å². The molecule has 5 saturated heterocycles. The lowest BCUT2D eigenvalue weighted by atomic mass is 9.47. The molecule has 0 radical (unpaired) electrons. The predicted octanol–water partition coefficient (Wildman–Crippen LogP) is -0.667. The molecular weight excluding hydrogens is 500 g/mol. The number of carbonyl (C=O) groups is 4. The number of allylic oxidation sites excluding steroid dienone is 1. The second-order valence-corrected chi connectivity index (χ2v) is 13.2. The maximum absolute atomic E-state index is 14.8. The van der Waals surface area contributed by atoms with E-state index in [1.165, 1.54) is 6.08 Å². The van der Waals surface area contributed by atoms with Crippen LogP contribution in [0.4, 0.5) is 0 Å². The molecule has 5 heterocycles. The average Bonchev–Trinajstić information content (AvgIpc) is 3.18. The van der Waals surface area contributed by atoms with Gasteiger partial charge in [0, 0.05) is 6.42 Å². The van der Waals surface area contributed by atoms with Crippen molar-refractivity contribution in [3.05, 3.63) is 12.2 Å². The normalized spacial score (nSPS) is 61.3. The van der Waals surface area contributed by atoms with Crippen molar-refractivity contribution < 1.29 is 53.4 Å². The van der Waals surface area contributed by atoms with Gasteiger partial charge in [0.2, 0.25) is 5.79 Å². The fourth-order valence-electron chi connectivity index (χ4n) is 10.2. The van der Waals surface area contributed by atoms with Gasteiger partial charge in [-0.05, 0) is 50.0 Å². The Kier molecular flexibility index (Phi) is 4.00. The summed E-state index contributed by atoms with van der Waals surface area (Å²) >= 11 is 0. The summed E-state index contributed by atoms with van der Waals surface area (Å²) < 4.78 is 24.4. The molecule has 38 heavy (non-hydrogen) atoms. The minimum atomic E-state index is -2.30. The number of fused-ring (bicyclic) bond motifs is 5. The monoisotopic (exact) mass is 530 g/mol. The van der Waals surface area contributed by atoms with Gasteiger partial charge in [0.25, 0.3) is 0 Å². The quantitative estimate of drug-likeness (QED) is 0.340. The number of hydrogen-bond acceptors (Lipinski definition) is 11. The van der Waals surface area contributed by atoms with Crippen LogP contribution in [0, 0.1) is 34.5 Å². The van der Waals surface area contributed by atoms with Crippen molar-refractivity contribution in [2.24, 2.45) is 34.5 Å². The van der Waals surface area contributed by atoms with E-state index in [2.05, 4.69) is 0 Å². The molecule has 204 valence electrons. The van der Waals surface area contributed by atoms with E-state index in [9.17, 15) is 34.5 Å². The largest absolute Gasteiger partial charge is 0.458 e. The highest BCUT2D eigenvalue weighted by molar-refractivity contribution is 6.00. The minimum Gasteiger partial charge on any atom is -0.458 e. The minimum absolute atomic E-state index is 0.0131. The molecule has 13 unspecified atom stereocenters. The van der Waals surface area contributed by atoms with Crippen LogP contribution in [0.2, 0.25) is 0 Å². The molecule has 2 spiro atoms. The van der Waals surface area contributed by atoms with E-state index < -0.39 is 93.1 Å². The zero-order chi connectivity index (χ0) is 26.8. The second-order valence-electron chi connectivity index (χ2n) is 13.2. The van der Waals surface area contributed by atoms with E-state index in [4.69, 9.17) is 18.9 Å². The van der Waals surface area contributed by atoms with Gasteiger partial charge in [-0.25, -0.2) is 4.79 Å². The summed E-state index contributed by atoms with van der Waals surface area (Å²) in [6.45, 7) is 3.15. The summed E-state index contributed by atoms with van der Waals surface area (Å²) in [5.74, 6) is -8.70. The highest BCUT2D eigenvalue weighted by Gasteiger charge is 2.90. The van der Waals surface area contributed by atoms with Crippen molar-refractivity contribution in [1.82, 2.24) is 0 Å².